The Bertz CT molecular complexity index is 775. The van der Waals surface area contributed by atoms with Crippen molar-refractivity contribution in [3.8, 4) is 22.8 Å². The summed E-state index contributed by atoms with van der Waals surface area (Å²) < 4.78 is 26.4. The molecule has 1 aliphatic rings. The number of nitrogens with zero attached hydrogens (tertiary/aromatic N) is 1. The average molecular weight is 386 g/mol. The summed E-state index contributed by atoms with van der Waals surface area (Å²) in [7, 11) is 0. The van der Waals surface area contributed by atoms with Crippen LogP contribution in [0, 0.1) is 5.82 Å². The first kappa shape index (κ1) is 20.6. The largest absolute Gasteiger partial charge is 0.491 e. The molecule has 2 aromatic rings. The van der Waals surface area contributed by atoms with Gasteiger partial charge in [-0.1, -0.05) is 52.0 Å². The number of aromatic nitrogens is 1. The standard InChI is InChI=1S/C24H32FNO2/c1-3-5-7-8-9-17-27-22-14-11-18-19-12-15-23(28-16-6-4-2)26-21(19)13-10-20(18)24(22)25/h11-12,14-15H,3-10,13,16-17H2,1-2H3. The molecule has 0 amide bonds. The van der Waals surface area contributed by atoms with Gasteiger partial charge in [0.15, 0.2) is 11.6 Å². The molecule has 28 heavy (non-hydrogen) atoms. The third-order valence-corrected chi connectivity index (χ3v) is 5.31. The molecule has 1 aliphatic carbocycles. The number of hydrogen-bond acceptors (Lipinski definition) is 3. The van der Waals surface area contributed by atoms with Crippen LogP contribution in [0.2, 0.25) is 0 Å². The third kappa shape index (κ3) is 5.03. The smallest absolute Gasteiger partial charge is 0.213 e. The number of rotatable bonds is 11. The SMILES string of the molecule is CCCCCCCOc1ccc2c(c1F)CCc1nc(OCCCC)ccc1-2. The number of unbranched alkanes of at least 4 members (excludes halogenated alkanes) is 5. The van der Waals surface area contributed by atoms with Crippen LogP contribution >= 0.6 is 0 Å². The van der Waals surface area contributed by atoms with Crippen LogP contribution < -0.4 is 9.47 Å². The monoisotopic (exact) mass is 385 g/mol. The van der Waals surface area contributed by atoms with Crippen LogP contribution in [-0.4, -0.2) is 18.2 Å². The Morgan fingerprint density at radius 1 is 0.821 bits per heavy atom. The quantitative estimate of drug-likeness (QED) is 0.413. The van der Waals surface area contributed by atoms with E-state index in [4.69, 9.17) is 9.47 Å². The van der Waals surface area contributed by atoms with Gasteiger partial charge in [-0.15, -0.1) is 0 Å². The van der Waals surface area contributed by atoms with Gasteiger partial charge in [-0.2, -0.15) is 0 Å². The van der Waals surface area contributed by atoms with Gasteiger partial charge in [-0.3, -0.25) is 0 Å². The first-order valence-corrected chi connectivity index (χ1v) is 10.8. The molecule has 3 rings (SSSR count). The highest BCUT2D eigenvalue weighted by Gasteiger charge is 2.23. The van der Waals surface area contributed by atoms with Crippen molar-refractivity contribution in [1.82, 2.24) is 4.98 Å². The Balaban J connectivity index is 1.67. The Hall–Kier alpha value is -2.10. The highest BCUT2D eigenvalue weighted by Crippen LogP contribution is 2.38. The van der Waals surface area contributed by atoms with E-state index in [0.29, 0.717) is 31.3 Å². The lowest BCUT2D eigenvalue weighted by molar-refractivity contribution is 0.289. The molecule has 0 atom stereocenters. The van der Waals surface area contributed by atoms with Crippen LogP contribution in [0.1, 0.15) is 70.1 Å². The lowest BCUT2D eigenvalue weighted by Gasteiger charge is -2.21. The molecule has 4 heteroatoms. The highest BCUT2D eigenvalue weighted by atomic mass is 19.1. The zero-order valence-corrected chi connectivity index (χ0v) is 17.2. The molecule has 0 bridgehead atoms. The van der Waals surface area contributed by atoms with E-state index >= 15 is 0 Å². The van der Waals surface area contributed by atoms with Crippen molar-refractivity contribution in [3.63, 3.8) is 0 Å². The van der Waals surface area contributed by atoms with Crippen molar-refractivity contribution in [2.45, 2.75) is 71.6 Å². The summed E-state index contributed by atoms with van der Waals surface area (Å²) in [6, 6.07) is 7.64. The van der Waals surface area contributed by atoms with Crippen LogP contribution in [0.25, 0.3) is 11.1 Å². The lowest BCUT2D eigenvalue weighted by atomic mass is 9.88. The van der Waals surface area contributed by atoms with Gasteiger partial charge in [0.05, 0.1) is 18.9 Å². The minimum atomic E-state index is -0.208. The van der Waals surface area contributed by atoms with Crippen LogP contribution in [0.15, 0.2) is 24.3 Å². The Morgan fingerprint density at radius 2 is 1.57 bits per heavy atom. The van der Waals surface area contributed by atoms with E-state index < -0.39 is 0 Å². The zero-order valence-electron chi connectivity index (χ0n) is 17.2. The summed E-state index contributed by atoms with van der Waals surface area (Å²) in [6.07, 6.45) is 9.31. The maximum atomic E-state index is 15.0. The second-order valence-electron chi connectivity index (χ2n) is 7.51. The molecule has 0 fully saturated rings. The van der Waals surface area contributed by atoms with Gasteiger partial charge in [0, 0.05) is 11.6 Å². The molecule has 0 unspecified atom stereocenters. The summed E-state index contributed by atoms with van der Waals surface area (Å²) in [6.45, 7) is 5.61. The summed E-state index contributed by atoms with van der Waals surface area (Å²) >= 11 is 0. The molecule has 0 radical (unpaired) electrons. The van der Waals surface area contributed by atoms with Crippen molar-refractivity contribution in [2.75, 3.05) is 13.2 Å². The predicted molar refractivity (Wildman–Crippen MR) is 112 cm³/mol. The molecule has 1 aromatic heterocycles. The zero-order chi connectivity index (χ0) is 19.8. The maximum Gasteiger partial charge on any atom is 0.213 e. The van der Waals surface area contributed by atoms with Gasteiger partial charge < -0.3 is 9.47 Å². The van der Waals surface area contributed by atoms with Gasteiger partial charge in [0.2, 0.25) is 5.88 Å². The normalized spacial score (nSPS) is 12.4. The molecule has 0 N–H and O–H groups in total. The molecule has 0 aliphatic heterocycles. The molecular weight excluding hydrogens is 353 g/mol. The van der Waals surface area contributed by atoms with Gasteiger partial charge in [-0.05, 0) is 48.9 Å². The maximum absolute atomic E-state index is 15.0. The summed E-state index contributed by atoms with van der Waals surface area (Å²) in [4.78, 5) is 4.65. The van der Waals surface area contributed by atoms with E-state index in [1.165, 1.54) is 19.3 Å². The fourth-order valence-corrected chi connectivity index (χ4v) is 3.66. The van der Waals surface area contributed by atoms with Crippen LogP contribution in [0.4, 0.5) is 4.39 Å². The fourth-order valence-electron chi connectivity index (χ4n) is 3.66. The second-order valence-corrected chi connectivity index (χ2v) is 7.51. The topological polar surface area (TPSA) is 31.4 Å². The van der Waals surface area contributed by atoms with E-state index in [1.54, 1.807) is 6.07 Å². The molecule has 152 valence electrons. The van der Waals surface area contributed by atoms with Gasteiger partial charge in [-0.25, -0.2) is 9.37 Å². The number of pyridine rings is 1. The summed E-state index contributed by atoms with van der Waals surface area (Å²) in [5.74, 6) is 0.837. The fraction of sp³-hybridized carbons (Fsp3) is 0.542. The minimum Gasteiger partial charge on any atom is -0.491 e. The second kappa shape index (κ2) is 10.4. The highest BCUT2D eigenvalue weighted by molar-refractivity contribution is 5.73. The molecule has 0 saturated heterocycles. The molecular formula is C24H32FNO2. The number of aryl methyl sites for hydroxylation is 1. The Labute approximate surface area is 168 Å². The van der Waals surface area contributed by atoms with E-state index in [0.717, 1.165) is 54.5 Å². The minimum absolute atomic E-state index is 0.208. The van der Waals surface area contributed by atoms with E-state index in [1.807, 2.05) is 18.2 Å². The number of hydrogen-bond donors (Lipinski definition) is 0. The van der Waals surface area contributed by atoms with Gasteiger partial charge >= 0.3 is 0 Å². The van der Waals surface area contributed by atoms with Crippen molar-refractivity contribution < 1.29 is 13.9 Å². The molecule has 1 heterocycles. The molecule has 3 nitrogen and oxygen atoms in total. The first-order valence-electron chi connectivity index (χ1n) is 10.8. The van der Waals surface area contributed by atoms with Crippen molar-refractivity contribution in [3.05, 3.63) is 41.3 Å². The molecule has 1 aromatic carbocycles. The summed E-state index contributed by atoms with van der Waals surface area (Å²) in [5, 5.41) is 0. The predicted octanol–water partition coefficient (Wildman–Crippen LogP) is 6.51. The van der Waals surface area contributed by atoms with Crippen LogP contribution in [-0.2, 0) is 12.8 Å². The van der Waals surface area contributed by atoms with E-state index in [2.05, 4.69) is 18.8 Å². The Kier molecular flexibility index (Phi) is 7.70. The van der Waals surface area contributed by atoms with Crippen molar-refractivity contribution in [2.24, 2.45) is 0 Å². The van der Waals surface area contributed by atoms with Crippen LogP contribution in [0.3, 0.4) is 0 Å². The Morgan fingerprint density at radius 3 is 2.39 bits per heavy atom. The number of halogens is 1. The first-order chi connectivity index (χ1) is 13.7. The lowest BCUT2D eigenvalue weighted by Crippen LogP contribution is -2.11. The van der Waals surface area contributed by atoms with Crippen molar-refractivity contribution in [1.29, 1.82) is 0 Å². The van der Waals surface area contributed by atoms with Crippen LogP contribution in [0.5, 0.6) is 11.6 Å². The number of fused-ring (bicyclic) bond motifs is 3. The third-order valence-electron chi connectivity index (χ3n) is 5.31. The van der Waals surface area contributed by atoms with Gasteiger partial charge in [0.25, 0.3) is 0 Å². The van der Waals surface area contributed by atoms with Gasteiger partial charge in [0.1, 0.15) is 0 Å². The van der Waals surface area contributed by atoms with E-state index in [9.17, 15) is 4.39 Å². The number of benzene rings is 1. The molecule has 0 saturated carbocycles. The number of ether oxygens (including phenoxy) is 2. The molecule has 0 spiro atoms. The summed E-state index contributed by atoms with van der Waals surface area (Å²) in [5.41, 5.74) is 3.68. The van der Waals surface area contributed by atoms with Crippen molar-refractivity contribution >= 4 is 0 Å². The average Bonchev–Trinajstić information content (AvgIpc) is 2.72. The van der Waals surface area contributed by atoms with E-state index in [-0.39, 0.29) is 5.82 Å².